The van der Waals surface area contributed by atoms with Crippen LogP contribution in [0.25, 0.3) is 0 Å². The molecule has 1 aliphatic rings. The van der Waals surface area contributed by atoms with Crippen molar-refractivity contribution in [2.45, 2.75) is 30.7 Å². The molecule has 0 aliphatic carbocycles. The molecule has 0 bridgehead atoms. The van der Waals surface area contributed by atoms with Gasteiger partial charge in [-0.1, -0.05) is 0 Å². The summed E-state index contributed by atoms with van der Waals surface area (Å²) in [4.78, 5) is 17.1. The molecule has 1 saturated heterocycles. The zero-order valence-electron chi connectivity index (χ0n) is 12.3. The maximum absolute atomic E-state index is 10.6. The number of hydrogen-bond donors (Lipinski definition) is 5. The predicted octanol–water partition coefficient (Wildman–Crippen LogP) is -2.45. The molecule has 1 fully saturated rings. The van der Waals surface area contributed by atoms with Gasteiger partial charge in [0.25, 0.3) is 0 Å². The monoisotopic (exact) mass is 278 g/mol. The molecule has 5 N–H and O–H groups in total. The van der Waals surface area contributed by atoms with Gasteiger partial charge in [0, 0.05) is 7.04 Å². The first kappa shape index (κ1) is 9.79. The zero-order chi connectivity index (χ0) is 16.6. The lowest BCUT2D eigenvalue weighted by Gasteiger charge is -2.39. The normalized spacial score (nSPS) is 47.8. The van der Waals surface area contributed by atoms with E-state index in [0.29, 0.717) is 0 Å². The van der Waals surface area contributed by atoms with Crippen LogP contribution in [0.3, 0.4) is 0 Å². The van der Waals surface area contributed by atoms with Crippen molar-refractivity contribution in [1.82, 2.24) is 0 Å². The fraction of sp³-hybridized carbons (Fsp3) is 1.00. The van der Waals surface area contributed by atoms with Crippen LogP contribution >= 0.6 is 7.82 Å². The number of aliphatic hydroxyl groups is 3. The van der Waals surface area contributed by atoms with E-state index in [9.17, 15) is 19.9 Å². The summed E-state index contributed by atoms with van der Waals surface area (Å²) in [6.07, 6.45) is -11.0. The highest BCUT2D eigenvalue weighted by atomic mass is 31.2. The van der Waals surface area contributed by atoms with Crippen LogP contribution in [0.4, 0.5) is 0 Å². The Morgan fingerprint density at radius 2 is 2.06 bits per heavy atom. The second-order valence-electron chi connectivity index (χ2n) is 3.27. The number of aliphatic hydroxyl groups excluding tert-OH is 2. The summed E-state index contributed by atoms with van der Waals surface area (Å²) in [5, 5.41) is 28.8. The lowest BCUT2D eigenvalue weighted by molar-refractivity contribution is -0.293. The molecule has 0 saturated carbocycles. The van der Waals surface area contributed by atoms with E-state index in [1.807, 2.05) is 0 Å². The smallest absolute Gasteiger partial charge is 0.387 e. The van der Waals surface area contributed by atoms with Crippen LogP contribution in [-0.4, -0.2) is 69.4 Å². The Kier molecular flexibility index (Phi) is 3.28. The Hall–Kier alpha value is -0.0900. The van der Waals surface area contributed by atoms with Crippen LogP contribution in [-0.2, 0) is 18.6 Å². The van der Waals surface area contributed by atoms with Gasteiger partial charge in [0.2, 0.25) is 0 Å². The maximum Gasteiger partial charge on any atom is 0.469 e. The summed E-state index contributed by atoms with van der Waals surface area (Å²) in [5.41, 5.74) is 0. The van der Waals surface area contributed by atoms with Gasteiger partial charge in [-0.05, 0) is 0 Å². The fourth-order valence-corrected chi connectivity index (χ4v) is 1.56. The van der Waals surface area contributed by atoms with Crippen LogP contribution < -0.4 is 0 Å². The van der Waals surface area contributed by atoms with E-state index in [0.717, 1.165) is 0 Å². The number of phosphoric acid groups is 1. The Morgan fingerprint density at radius 1 is 1.41 bits per heavy atom. The third-order valence-electron chi connectivity index (χ3n) is 2.06. The largest absolute Gasteiger partial charge is 0.469 e. The van der Waals surface area contributed by atoms with Crippen LogP contribution in [0.5, 0.6) is 0 Å². The quantitative estimate of drug-likeness (QED) is 0.353. The number of methoxy groups -OCH3 is 1. The summed E-state index contributed by atoms with van der Waals surface area (Å²) in [6.45, 7) is -0.931. The van der Waals surface area contributed by atoms with Crippen LogP contribution in [0.2, 0.25) is 0 Å². The second-order valence-corrected chi connectivity index (χ2v) is 4.51. The van der Waals surface area contributed by atoms with Crippen LogP contribution in [0.15, 0.2) is 0 Å². The molecule has 0 spiro atoms. The SMILES string of the molecule is [2H]C([2H])([2H])O[C@@H]1O[C@H](COP(=O)(O)O)[C@@H](O)[C@H](O)[C@@]1([2H])O. The number of hydrogen-bond acceptors (Lipinski definition) is 7. The summed E-state index contributed by atoms with van der Waals surface area (Å²) in [6, 6.07) is 0. The van der Waals surface area contributed by atoms with Gasteiger partial charge in [-0.3, -0.25) is 4.52 Å². The van der Waals surface area contributed by atoms with E-state index in [2.05, 4.69) is 9.26 Å². The molecule has 5 atom stereocenters. The van der Waals surface area contributed by atoms with Crippen LogP contribution in [0, 0.1) is 0 Å². The molecule has 0 aromatic rings. The van der Waals surface area contributed by atoms with Crippen molar-refractivity contribution in [2.24, 2.45) is 0 Å². The van der Waals surface area contributed by atoms with E-state index in [1.54, 1.807) is 0 Å². The first-order valence-corrected chi connectivity index (χ1v) is 5.89. The van der Waals surface area contributed by atoms with Gasteiger partial charge < -0.3 is 34.6 Å². The Morgan fingerprint density at radius 3 is 2.59 bits per heavy atom. The fourth-order valence-electron chi connectivity index (χ4n) is 1.22. The summed E-state index contributed by atoms with van der Waals surface area (Å²) in [7, 11) is -7.99. The minimum Gasteiger partial charge on any atom is -0.387 e. The van der Waals surface area contributed by atoms with Crippen molar-refractivity contribution < 1.29 is 49.2 Å². The van der Waals surface area contributed by atoms with Gasteiger partial charge in [0.15, 0.2) is 6.29 Å². The molecule has 0 unspecified atom stereocenters. The first-order valence-electron chi connectivity index (χ1n) is 6.36. The number of rotatable bonds is 4. The van der Waals surface area contributed by atoms with Crippen LogP contribution in [0.1, 0.15) is 5.48 Å². The van der Waals surface area contributed by atoms with E-state index in [-0.39, 0.29) is 0 Å². The molecule has 1 heterocycles. The van der Waals surface area contributed by atoms with Gasteiger partial charge in [0.05, 0.1) is 12.1 Å². The molecular weight excluding hydrogens is 259 g/mol. The van der Waals surface area contributed by atoms with E-state index < -0.39 is 52.1 Å². The molecule has 1 rings (SSSR count). The van der Waals surface area contributed by atoms with E-state index >= 15 is 0 Å². The average Bonchev–Trinajstić information content (AvgIpc) is 2.26. The molecule has 0 aromatic heterocycles. The Balaban J connectivity index is 2.87. The molecule has 1 aliphatic heterocycles. The highest BCUT2D eigenvalue weighted by Gasteiger charge is 2.44. The minimum absolute atomic E-state index is 0.931. The van der Waals surface area contributed by atoms with Gasteiger partial charge in [-0.15, -0.1) is 0 Å². The third-order valence-corrected chi connectivity index (χ3v) is 2.55. The third kappa shape index (κ3) is 3.95. The van der Waals surface area contributed by atoms with Gasteiger partial charge in [0.1, 0.15) is 24.4 Å². The molecule has 9 nitrogen and oxygen atoms in total. The lowest BCUT2D eigenvalue weighted by atomic mass is 9.99. The van der Waals surface area contributed by atoms with E-state index in [4.69, 9.17) is 20.0 Å². The molecule has 0 amide bonds. The molecule has 17 heavy (non-hydrogen) atoms. The van der Waals surface area contributed by atoms with Crippen molar-refractivity contribution in [3.63, 3.8) is 0 Å². The Labute approximate surface area is 102 Å². The van der Waals surface area contributed by atoms with Gasteiger partial charge in [-0.25, -0.2) is 4.57 Å². The highest BCUT2D eigenvalue weighted by Crippen LogP contribution is 2.36. The maximum atomic E-state index is 10.6. The zero-order valence-corrected chi connectivity index (χ0v) is 9.23. The Bertz CT molecular complexity index is 409. The van der Waals surface area contributed by atoms with E-state index in [1.165, 1.54) is 0 Å². The number of phosphoric ester groups is 1. The highest BCUT2D eigenvalue weighted by molar-refractivity contribution is 7.46. The summed E-state index contributed by atoms with van der Waals surface area (Å²) >= 11 is 0. The molecule has 0 aromatic carbocycles. The first-order chi connectivity index (χ1) is 9.24. The minimum atomic E-state index is -4.91. The lowest BCUT2D eigenvalue weighted by Crippen LogP contribution is -2.59. The molecule has 10 heteroatoms. The average molecular weight is 278 g/mol. The summed E-state index contributed by atoms with van der Waals surface area (Å²) < 4.78 is 51.7. The molecular formula is C7H15O9P. The van der Waals surface area contributed by atoms with Crippen molar-refractivity contribution in [3.05, 3.63) is 0 Å². The van der Waals surface area contributed by atoms with Crippen molar-refractivity contribution in [3.8, 4) is 0 Å². The van der Waals surface area contributed by atoms with Crippen molar-refractivity contribution in [2.75, 3.05) is 13.6 Å². The summed E-state index contributed by atoms with van der Waals surface area (Å²) in [5.74, 6) is 0. The van der Waals surface area contributed by atoms with Crippen molar-refractivity contribution in [1.29, 1.82) is 0 Å². The van der Waals surface area contributed by atoms with Gasteiger partial charge >= 0.3 is 7.82 Å². The number of ether oxygens (including phenoxy) is 2. The molecule has 102 valence electrons. The second kappa shape index (κ2) is 5.70. The van der Waals surface area contributed by atoms with Crippen molar-refractivity contribution >= 4 is 7.82 Å². The standard InChI is InChI=1S/C7H15O9P/c1-14-7-6(10)5(9)4(8)3(16-7)2-15-17(11,12)13/h3-10H,2H2,1H3,(H2,11,12,13)/t3-,4-,5+,6-,7-/m1/s1/i1D3,6D. The molecule has 0 radical (unpaired) electrons. The topological polar surface area (TPSA) is 146 Å². The van der Waals surface area contributed by atoms with Gasteiger partial charge in [-0.2, -0.15) is 0 Å². The predicted molar refractivity (Wildman–Crippen MR) is 51.7 cm³/mol.